The summed E-state index contributed by atoms with van der Waals surface area (Å²) in [5, 5.41) is 3.35. The van der Waals surface area contributed by atoms with Crippen LogP contribution in [0.15, 0.2) is 36.4 Å². The topological polar surface area (TPSA) is 66.5 Å². The highest BCUT2D eigenvalue weighted by molar-refractivity contribution is 7.92. The zero-order valence-corrected chi connectivity index (χ0v) is 17.6. The number of halogens is 1. The Kier molecular flexibility index (Phi) is 6.89. The van der Waals surface area contributed by atoms with Gasteiger partial charge in [-0.05, 0) is 56.5 Å². The Balaban J connectivity index is 2.03. The average Bonchev–Trinajstić information content (AvgIpc) is 2.56. The Morgan fingerprint density at radius 3 is 2.41 bits per heavy atom. The Bertz CT molecular complexity index is 942. The van der Waals surface area contributed by atoms with Gasteiger partial charge in [-0.3, -0.25) is 9.10 Å². The van der Waals surface area contributed by atoms with E-state index >= 15 is 0 Å². The molecule has 0 aliphatic rings. The highest BCUT2D eigenvalue weighted by atomic mass is 35.5. The highest BCUT2D eigenvalue weighted by Gasteiger charge is 2.19. The van der Waals surface area contributed by atoms with Gasteiger partial charge in [-0.2, -0.15) is 0 Å². The van der Waals surface area contributed by atoms with Crippen molar-refractivity contribution in [3.8, 4) is 0 Å². The normalized spacial score (nSPS) is 11.3. The zero-order valence-electron chi connectivity index (χ0n) is 16.0. The fraction of sp³-hybridized carbons (Fsp3) is 0.350. The smallest absolute Gasteiger partial charge is 0.232 e. The summed E-state index contributed by atoms with van der Waals surface area (Å²) < 4.78 is 25.7. The molecule has 0 aliphatic carbocycles. The third kappa shape index (κ3) is 5.97. The molecule has 0 bridgehead atoms. The van der Waals surface area contributed by atoms with Gasteiger partial charge in [-0.1, -0.05) is 35.4 Å². The molecule has 5 nitrogen and oxygen atoms in total. The molecule has 7 heteroatoms. The van der Waals surface area contributed by atoms with Crippen molar-refractivity contribution in [3.63, 3.8) is 0 Å². The largest absolute Gasteiger partial charge is 0.326 e. The Morgan fingerprint density at radius 1 is 1.07 bits per heavy atom. The number of carbonyl (C=O) groups is 1. The molecule has 2 rings (SSSR count). The number of amides is 1. The van der Waals surface area contributed by atoms with Gasteiger partial charge in [0, 0.05) is 23.7 Å². The number of carbonyl (C=O) groups excluding carboxylic acids is 1. The van der Waals surface area contributed by atoms with Crippen molar-refractivity contribution >= 4 is 38.9 Å². The monoisotopic (exact) mass is 408 g/mol. The Morgan fingerprint density at radius 2 is 1.78 bits per heavy atom. The third-order valence-corrected chi connectivity index (χ3v) is 5.68. The van der Waals surface area contributed by atoms with E-state index < -0.39 is 10.0 Å². The number of sulfonamides is 1. The molecule has 27 heavy (non-hydrogen) atoms. The van der Waals surface area contributed by atoms with Crippen LogP contribution in [-0.4, -0.2) is 27.1 Å². The molecule has 0 saturated carbocycles. The number of aryl methyl sites for hydroxylation is 3. The van der Waals surface area contributed by atoms with Crippen molar-refractivity contribution in [2.45, 2.75) is 33.6 Å². The molecule has 0 saturated heterocycles. The van der Waals surface area contributed by atoms with Crippen LogP contribution in [0, 0.1) is 20.8 Å². The molecular weight excluding hydrogens is 384 g/mol. The molecule has 0 aromatic heterocycles. The summed E-state index contributed by atoms with van der Waals surface area (Å²) in [6.45, 7) is 5.98. The molecule has 0 heterocycles. The van der Waals surface area contributed by atoms with Crippen molar-refractivity contribution in [2.75, 3.05) is 22.4 Å². The van der Waals surface area contributed by atoms with E-state index in [2.05, 4.69) is 5.32 Å². The predicted molar refractivity (Wildman–Crippen MR) is 112 cm³/mol. The quantitative estimate of drug-likeness (QED) is 0.735. The van der Waals surface area contributed by atoms with E-state index in [0.29, 0.717) is 17.1 Å². The number of hydrogen-bond donors (Lipinski definition) is 1. The molecule has 146 valence electrons. The lowest BCUT2D eigenvalue weighted by molar-refractivity contribution is -0.116. The highest BCUT2D eigenvalue weighted by Crippen LogP contribution is 2.26. The first kappa shape index (κ1) is 21.3. The second-order valence-electron chi connectivity index (χ2n) is 6.74. The Labute approximate surface area is 166 Å². The minimum Gasteiger partial charge on any atom is -0.326 e. The van der Waals surface area contributed by atoms with Crippen LogP contribution in [0.3, 0.4) is 0 Å². The fourth-order valence-corrected chi connectivity index (χ4v) is 4.05. The maximum absolute atomic E-state index is 12.2. The van der Waals surface area contributed by atoms with Gasteiger partial charge in [-0.25, -0.2) is 8.42 Å². The van der Waals surface area contributed by atoms with Gasteiger partial charge in [-0.15, -0.1) is 0 Å². The van der Waals surface area contributed by atoms with E-state index in [4.69, 9.17) is 11.6 Å². The molecular formula is C20H25ClN2O3S. The van der Waals surface area contributed by atoms with Gasteiger partial charge >= 0.3 is 0 Å². The van der Waals surface area contributed by atoms with Crippen molar-refractivity contribution in [3.05, 3.63) is 58.1 Å². The summed E-state index contributed by atoms with van der Waals surface area (Å²) in [6.07, 6.45) is 1.78. The minimum absolute atomic E-state index is 0.141. The van der Waals surface area contributed by atoms with E-state index in [1.165, 1.54) is 4.31 Å². The first-order valence-electron chi connectivity index (χ1n) is 8.69. The minimum atomic E-state index is -3.48. The number of rotatable bonds is 7. The van der Waals surface area contributed by atoms with E-state index in [0.717, 1.165) is 28.6 Å². The summed E-state index contributed by atoms with van der Waals surface area (Å²) in [7, 11) is -3.48. The molecule has 0 radical (unpaired) electrons. The Hall–Kier alpha value is -2.05. The standard InChI is InChI=1S/C20H25ClN2O3S/c1-14-7-10-18(16(3)12-14)22-20(24)6-5-11-23(27(4,25)26)19-13-17(21)9-8-15(19)2/h7-10,12-13H,5-6,11H2,1-4H3,(H,22,24). The molecule has 1 amide bonds. The number of nitrogens with one attached hydrogen (secondary N) is 1. The van der Waals surface area contributed by atoms with E-state index in [1.807, 2.05) is 39.0 Å². The van der Waals surface area contributed by atoms with Crippen molar-refractivity contribution in [1.29, 1.82) is 0 Å². The van der Waals surface area contributed by atoms with Crippen molar-refractivity contribution < 1.29 is 13.2 Å². The average molecular weight is 409 g/mol. The lowest BCUT2D eigenvalue weighted by Gasteiger charge is -2.24. The van der Waals surface area contributed by atoms with Gasteiger partial charge < -0.3 is 5.32 Å². The van der Waals surface area contributed by atoms with Crippen LogP contribution in [0.25, 0.3) is 0 Å². The maximum atomic E-state index is 12.2. The summed E-state index contributed by atoms with van der Waals surface area (Å²) in [6, 6.07) is 11.0. The van der Waals surface area contributed by atoms with E-state index in [1.54, 1.807) is 18.2 Å². The second-order valence-corrected chi connectivity index (χ2v) is 9.08. The predicted octanol–water partition coefficient (Wildman–Crippen LogP) is 4.45. The first-order valence-corrected chi connectivity index (χ1v) is 10.9. The van der Waals surface area contributed by atoms with Gasteiger partial charge in [0.25, 0.3) is 0 Å². The third-order valence-electron chi connectivity index (χ3n) is 4.26. The van der Waals surface area contributed by atoms with E-state index in [9.17, 15) is 13.2 Å². The lowest BCUT2D eigenvalue weighted by atomic mass is 10.1. The number of nitrogens with zero attached hydrogens (tertiary/aromatic N) is 1. The van der Waals surface area contributed by atoms with E-state index in [-0.39, 0.29) is 18.9 Å². The number of anilines is 2. The number of benzene rings is 2. The van der Waals surface area contributed by atoms with Crippen LogP contribution in [0.5, 0.6) is 0 Å². The van der Waals surface area contributed by atoms with Gasteiger partial charge in [0.1, 0.15) is 0 Å². The van der Waals surface area contributed by atoms with Gasteiger partial charge in [0.15, 0.2) is 0 Å². The molecule has 0 aliphatic heterocycles. The fourth-order valence-electron chi connectivity index (χ4n) is 2.87. The van der Waals surface area contributed by atoms with Gasteiger partial charge in [0.05, 0.1) is 11.9 Å². The van der Waals surface area contributed by atoms with Crippen LogP contribution in [0.2, 0.25) is 5.02 Å². The summed E-state index contributed by atoms with van der Waals surface area (Å²) in [4.78, 5) is 12.2. The summed E-state index contributed by atoms with van der Waals surface area (Å²) in [5.41, 5.74) is 4.25. The summed E-state index contributed by atoms with van der Waals surface area (Å²) >= 11 is 6.03. The SMILES string of the molecule is Cc1ccc(NC(=O)CCCN(c2cc(Cl)ccc2C)S(C)(=O)=O)c(C)c1. The summed E-state index contributed by atoms with van der Waals surface area (Å²) in [5.74, 6) is -0.141. The number of hydrogen-bond acceptors (Lipinski definition) is 3. The van der Waals surface area contributed by atoms with Crippen LogP contribution >= 0.6 is 11.6 Å². The van der Waals surface area contributed by atoms with Crippen LogP contribution in [0.4, 0.5) is 11.4 Å². The second kappa shape index (κ2) is 8.76. The molecule has 0 atom stereocenters. The maximum Gasteiger partial charge on any atom is 0.232 e. The molecule has 0 spiro atoms. The molecule has 0 fully saturated rings. The van der Waals surface area contributed by atoms with Crippen LogP contribution < -0.4 is 9.62 Å². The molecule has 1 N–H and O–H groups in total. The van der Waals surface area contributed by atoms with Gasteiger partial charge in [0.2, 0.25) is 15.9 Å². The zero-order chi connectivity index (χ0) is 20.2. The van der Waals surface area contributed by atoms with Crippen molar-refractivity contribution in [2.24, 2.45) is 0 Å². The molecule has 2 aromatic rings. The first-order chi connectivity index (χ1) is 12.6. The van der Waals surface area contributed by atoms with Crippen LogP contribution in [-0.2, 0) is 14.8 Å². The van der Waals surface area contributed by atoms with Crippen LogP contribution in [0.1, 0.15) is 29.5 Å². The molecule has 2 aromatic carbocycles. The van der Waals surface area contributed by atoms with Crippen molar-refractivity contribution in [1.82, 2.24) is 0 Å². The molecule has 0 unspecified atom stereocenters. The lowest BCUT2D eigenvalue weighted by Crippen LogP contribution is -2.32.